The van der Waals surface area contributed by atoms with Gasteiger partial charge in [-0.25, -0.2) is 0 Å². The lowest BCUT2D eigenvalue weighted by Crippen LogP contribution is -2.58. The van der Waals surface area contributed by atoms with E-state index in [1.165, 1.54) is 6.92 Å². The van der Waals surface area contributed by atoms with Gasteiger partial charge in [0.1, 0.15) is 11.6 Å². The molecule has 1 fully saturated rings. The average Bonchev–Trinajstić information content (AvgIpc) is 2.73. The summed E-state index contributed by atoms with van der Waals surface area (Å²) >= 11 is 0. The minimum Gasteiger partial charge on any atom is -0.357 e. The first-order valence-electron chi connectivity index (χ1n) is 6.11. The zero-order valence-corrected chi connectivity index (χ0v) is 11.4. The fourth-order valence-corrected chi connectivity index (χ4v) is 2.30. The highest BCUT2D eigenvalue weighted by molar-refractivity contribution is 5.94. The van der Waals surface area contributed by atoms with Gasteiger partial charge in [-0.15, -0.1) is 0 Å². The summed E-state index contributed by atoms with van der Waals surface area (Å²) in [4.78, 5) is 36.7. The lowest BCUT2D eigenvalue weighted by atomic mass is 10.0. The second-order valence-corrected chi connectivity index (χ2v) is 5.08. The zero-order chi connectivity index (χ0) is 13.9. The number of hydrogen-bond donors (Lipinski definition) is 2. The molecule has 6 heteroatoms. The third-order valence-electron chi connectivity index (χ3n) is 3.09. The van der Waals surface area contributed by atoms with Crippen molar-refractivity contribution in [2.75, 3.05) is 13.6 Å². The first-order valence-corrected chi connectivity index (χ1v) is 6.11. The first-order chi connectivity index (χ1) is 8.29. The van der Waals surface area contributed by atoms with Gasteiger partial charge in [-0.3, -0.25) is 14.4 Å². The Labute approximate surface area is 107 Å². The number of likely N-dealkylation sites (tertiary alicyclic amines) is 1. The van der Waals surface area contributed by atoms with Crippen molar-refractivity contribution in [3.05, 3.63) is 0 Å². The average molecular weight is 255 g/mol. The van der Waals surface area contributed by atoms with Crippen LogP contribution in [0.25, 0.3) is 0 Å². The lowest BCUT2D eigenvalue weighted by molar-refractivity contribution is -0.144. The Balaban J connectivity index is 2.82. The molecule has 1 saturated heterocycles. The van der Waals surface area contributed by atoms with Gasteiger partial charge >= 0.3 is 0 Å². The van der Waals surface area contributed by atoms with E-state index in [9.17, 15) is 14.4 Å². The Kier molecular flexibility index (Phi) is 4.32. The second kappa shape index (κ2) is 5.37. The van der Waals surface area contributed by atoms with E-state index in [1.807, 2.05) is 0 Å². The molecule has 1 aliphatic rings. The van der Waals surface area contributed by atoms with E-state index in [1.54, 1.807) is 25.8 Å². The third kappa shape index (κ3) is 3.00. The number of hydrogen-bond acceptors (Lipinski definition) is 3. The van der Waals surface area contributed by atoms with Gasteiger partial charge in [0.15, 0.2) is 0 Å². The summed E-state index contributed by atoms with van der Waals surface area (Å²) in [7, 11) is 1.56. The van der Waals surface area contributed by atoms with Crippen molar-refractivity contribution in [1.82, 2.24) is 15.5 Å². The van der Waals surface area contributed by atoms with Crippen molar-refractivity contribution >= 4 is 17.7 Å². The van der Waals surface area contributed by atoms with Gasteiger partial charge in [0, 0.05) is 20.5 Å². The molecule has 3 amide bonds. The van der Waals surface area contributed by atoms with E-state index in [-0.39, 0.29) is 17.7 Å². The number of rotatable bonds is 3. The molecule has 0 aromatic heterocycles. The summed E-state index contributed by atoms with van der Waals surface area (Å²) in [5, 5.41) is 5.18. The van der Waals surface area contributed by atoms with E-state index >= 15 is 0 Å². The molecular weight excluding hydrogens is 234 g/mol. The van der Waals surface area contributed by atoms with E-state index < -0.39 is 11.6 Å². The quantitative estimate of drug-likeness (QED) is 0.722. The van der Waals surface area contributed by atoms with E-state index in [0.29, 0.717) is 13.0 Å². The molecule has 1 heterocycles. The molecule has 0 aromatic carbocycles. The van der Waals surface area contributed by atoms with Crippen LogP contribution in [-0.4, -0.2) is 47.8 Å². The summed E-state index contributed by atoms with van der Waals surface area (Å²) in [6.07, 6.45) is 1.47. The highest BCUT2D eigenvalue weighted by Crippen LogP contribution is 2.21. The van der Waals surface area contributed by atoms with Crippen molar-refractivity contribution in [3.8, 4) is 0 Å². The molecule has 1 rings (SSSR count). The Hall–Kier alpha value is -1.59. The Morgan fingerprint density at radius 2 is 1.89 bits per heavy atom. The minimum atomic E-state index is -0.984. The van der Waals surface area contributed by atoms with Crippen molar-refractivity contribution in [2.24, 2.45) is 0 Å². The molecule has 18 heavy (non-hydrogen) atoms. The summed E-state index contributed by atoms with van der Waals surface area (Å²) in [6, 6.07) is -0.421. The van der Waals surface area contributed by atoms with Crippen LogP contribution in [0, 0.1) is 0 Å². The smallest absolute Gasteiger partial charge is 0.248 e. The van der Waals surface area contributed by atoms with Crippen molar-refractivity contribution in [1.29, 1.82) is 0 Å². The van der Waals surface area contributed by atoms with Crippen LogP contribution in [0.5, 0.6) is 0 Å². The molecule has 0 bridgehead atoms. The molecule has 102 valence electrons. The summed E-state index contributed by atoms with van der Waals surface area (Å²) in [5.74, 6) is -0.632. The third-order valence-corrected chi connectivity index (χ3v) is 3.09. The molecule has 0 spiro atoms. The molecule has 1 atom stereocenters. The molecule has 1 aliphatic heterocycles. The van der Waals surface area contributed by atoms with Gasteiger partial charge in [-0.2, -0.15) is 0 Å². The molecule has 6 nitrogen and oxygen atoms in total. The highest BCUT2D eigenvalue weighted by Gasteiger charge is 2.40. The largest absolute Gasteiger partial charge is 0.357 e. The van der Waals surface area contributed by atoms with Crippen molar-refractivity contribution < 1.29 is 14.4 Å². The minimum absolute atomic E-state index is 0.153. The predicted octanol–water partition coefficient (Wildman–Crippen LogP) is -0.362. The fraction of sp³-hybridized carbons (Fsp3) is 0.750. The summed E-state index contributed by atoms with van der Waals surface area (Å²) in [6.45, 7) is 5.22. The molecule has 0 aromatic rings. The number of nitrogens with one attached hydrogen (secondary N) is 2. The summed E-state index contributed by atoms with van der Waals surface area (Å²) < 4.78 is 0. The van der Waals surface area contributed by atoms with Crippen LogP contribution in [0.3, 0.4) is 0 Å². The lowest BCUT2D eigenvalue weighted by Gasteiger charge is -2.32. The van der Waals surface area contributed by atoms with Gasteiger partial charge < -0.3 is 15.5 Å². The Morgan fingerprint density at radius 3 is 2.39 bits per heavy atom. The molecule has 0 aliphatic carbocycles. The standard InChI is InChI=1S/C12H21N3O3/c1-8(16)14-12(2,3)11(18)15-7-5-6-9(15)10(17)13-4/h9H,5-7H2,1-4H3,(H,13,17)(H,14,16). The van der Waals surface area contributed by atoms with Gasteiger partial charge in [0.05, 0.1) is 0 Å². The monoisotopic (exact) mass is 255 g/mol. The van der Waals surface area contributed by atoms with Gasteiger partial charge in [-0.1, -0.05) is 0 Å². The molecule has 2 N–H and O–H groups in total. The second-order valence-electron chi connectivity index (χ2n) is 5.08. The molecule has 0 saturated carbocycles. The van der Waals surface area contributed by atoms with E-state index in [4.69, 9.17) is 0 Å². The van der Waals surface area contributed by atoms with Gasteiger partial charge in [0.25, 0.3) is 0 Å². The van der Waals surface area contributed by atoms with Crippen molar-refractivity contribution in [3.63, 3.8) is 0 Å². The SMILES string of the molecule is CNC(=O)C1CCCN1C(=O)C(C)(C)NC(C)=O. The van der Waals surface area contributed by atoms with Crippen LogP contribution in [-0.2, 0) is 14.4 Å². The number of carbonyl (C=O) groups excluding carboxylic acids is 3. The maximum absolute atomic E-state index is 12.4. The first kappa shape index (κ1) is 14.5. The van der Waals surface area contributed by atoms with Crippen LogP contribution in [0.15, 0.2) is 0 Å². The maximum Gasteiger partial charge on any atom is 0.248 e. The van der Waals surface area contributed by atoms with E-state index in [2.05, 4.69) is 10.6 Å². The van der Waals surface area contributed by atoms with Crippen LogP contribution in [0.1, 0.15) is 33.6 Å². The topological polar surface area (TPSA) is 78.5 Å². The zero-order valence-electron chi connectivity index (χ0n) is 11.4. The molecule has 1 unspecified atom stereocenters. The number of amides is 3. The Bertz CT molecular complexity index is 366. The van der Waals surface area contributed by atoms with Crippen molar-refractivity contribution in [2.45, 2.75) is 45.2 Å². The van der Waals surface area contributed by atoms with E-state index in [0.717, 1.165) is 6.42 Å². The molecule has 0 radical (unpaired) electrons. The predicted molar refractivity (Wildman–Crippen MR) is 66.7 cm³/mol. The van der Waals surface area contributed by atoms with Gasteiger partial charge in [-0.05, 0) is 26.7 Å². The van der Waals surface area contributed by atoms with Gasteiger partial charge in [0.2, 0.25) is 17.7 Å². The highest BCUT2D eigenvalue weighted by atomic mass is 16.2. The number of carbonyl (C=O) groups is 3. The van der Waals surface area contributed by atoms with Crippen LogP contribution in [0.2, 0.25) is 0 Å². The maximum atomic E-state index is 12.4. The van der Waals surface area contributed by atoms with Crippen LogP contribution >= 0.6 is 0 Å². The molecular formula is C12H21N3O3. The summed E-state index contributed by atoms with van der Waals surface area (Å²) in [5.41, 5.74) is -0.984. The number of nitrogens with zero attached hydrogens (tertiary/aromatic N) is 1. The Morgan fingerprint density at radius 1 is 1.28 bits per heavy atom. The van der Waals surface area contributed by atoms with Crippen LogP contribution < -0.4 is 10.6 Å². The number of likely N-dealkylation sites (N-methyl/N-ethyl adjacent to an activating group) is 1. The normalized spacial score (nSPS) is 19.6. The van der Waals surface area contributed by atoms with Crippen LogP contribution in [0.4, 0.5) is 0 Å². The fourth-order valence-electron chi connectivity index (χ4n) is 2.30.